The second kappa shape index (κ2) is 7.96. The van der Waals surface area contributed by atoms with Crippen LogP contribution in [0.15, 0.2) is 18.2 Å². The first-order valence-electron chi connectivity index (χ1n) is 7.36. The third-order valence-corrected chi connectivity index (χ3v) is 4.07. The van der Waals surface area contributed by atoms with Crippen LogP contribution in [0.3, 0.4) is 0 Å². The fraction of sp³-hybridized carbons (Fsp3) is 0.625. The second-order valence-corrected chi connectivity index (χ2v) is 5.30. The van der Waals surface area contributed by atoms with Crippen LogP contribution in [0.25, 0.3) is 0 Å². The van der Waals surface area contributed by atoms with Gasteiger partial charge >= 0.3 is 0 Å². The normalized spacial score (nSPS) is 13.5. The summed E-state index contributed by atoms with van der Waals surface area (Å²) in [6.45, 7) is 9.51. The van der Waals surface area contributed by atoms with Gasteiger partial charge in [-0.3, -0.25) is 0 Å². The van der Waals surface area contributed by atoms with Gasteiger partial charge in [0.1, 0.15) is 5.82 Å². The highest BCUT2D eigenvalue weighted by molar-refractivity contribution is 6.30. The van der Waals surface area contributed by atoms with Gasteiger partial charge in [-0.1, -0.05) is 38.4 Å². The molecule has 1 unspecified atom stereocenters. The molecule has 1 N–H and O–H groups in total. The van der Waals surface area contributed by atoms with E-state index in [0.29, 0.717) is 17.2 Å². The zero-order valence-electron chi connectivity index (χ0n) is 12.8. The predicted octanol–water partition coefficient (Wildman–Crippen LogP) is 4.73. The first-order chi connectivity index (χ1) is 9.54. The number of benzene rings is 1. The number of hydrogen-bond acceptors (Lipinski definition) is 2. The van der Waals surface area contributed by atoms with Crippen LogP contribution in [0.5, 0.6) is 0 Å². The maximum atomic E-state index is 14.3. The Balaban J connectivity index is 3.26. The van der Waals surface area contributed by atoms with Crippen LogP contribution in [-0.2, 0) is 4.74 Å². The van der Waals surface area contributed by atoms with Crippen molar-refractivity contribution in [3.63, 3.8) is 0 Å². The lowest BCUT2D eigenvalue weighted by Crippen LogP contribution is -2.46. The van der Waals surface area contributed by atoms with Crippen LogP contribution >= 0.6 is 11.6 Å². The molecule has 1 rings (SSSR count). The Morgan fingerprint density at radius 3 is 2.35 bits per heavy atom. The summed E-state index contributed by atoms with van der Waals surface area (Å²) in [6.07, 6.45) is 1.63. The molecule has 20 heavy (non-hydrogen) atoms. The highest BCUT2D eigenvalue weighted by Gasteiger charge is 2.38. The molecule has 0 spiro atoms. The van der Waals surface area contributed by atoms with Crippen LogP contribution in [0.1, 0.15) is 52.1 Å². The summed E-state index contributed by atoms with van der Waals surface area (Å²) < 4.78 is 20.3. The smallest absolute Gasteiger partial charge is 0.129 e. The van der Waals surface area contributed by atoms with Crippen molar-refractivity contribution in [3.05, 3.63) is 34.6 Å². The number of hydrogen-bond donors (Lipinski definition) is 1. The Morgan fingerprint density at radius 2 is 1.90 bits per heavy atom. The zero-order valence-corrected chi connectivity index (χ0v) is 13.6. The molecule has 2 nitrogen and oxygen atoms in total. The molecular formula is C16H25ClFNO. The largest absolute Gasteiger partial charge is 0.373 e. The van der Waals surface area contributed by atoms with Gasteiger partial charge in [-0.15, -0.1) is 0 Å². The van der Waals surface area contributed by atoms with Gasteiger partial charge in [0.15, 0.2) is 0 Å². The van der Waals surface area contributed by atoms with Gasteiger partial charge in [-0.05, 0) is 38.4 Å². The molecule has 0 saturated carbocycles. The van der Waals surface area contributed by atoms with E-state index in [-0.39, 0.29) is 11.9 Å². The average Bonchev–Trinajstić information content (AvgIpc) is 2.43. The molecule has 114 valence electrons. The molecule has 0 aromatic heterocycles. The fourth-order valence-corrected chi connectivity index (χ4v) is 2.91. The molecule has 0 fully saturated rings. The van der Waals surface area contributed by atoms with E-state index in [0.717, 1.165) is 19.4 Å². The molecule has 0 amide bonds. The molecule has 0 aliphatic rings. The summed E-state index contributed by atoms with van der Waals surface area (Å²) in [7, 11) is 0. The van der Waals surface area contributed by atoms with Gasteiger partial charge in [-0.2, -0.15) is 0 Å². The molecule has 1 aromatic rings. The lowest BCUT2D eigenvalue weighted by Gasteiger charge is -2.40. The van der Waals surface area contributed by atoms with Gasteiger partial charge in [0.25, 0.3) is 0 Å². The highest BCUT2D eigenvalue weighted by atomic mass is 35.5. The number of ether oxygens (including phenoxy) is 1. The van der Waals surface area contributed by atoms with E-state index >= 15 is 0 Å². The third kappa shape index (κ3) is 3.72. The topological polar surface area (TPSA) is 21.3 Å². The van der Waals surface area contributed by atoms with Crippen molar-refractivity contribution in [2.45, 2.75) is 52.2 Å². The van der Waals surface area contributed by atoms with Crippen molar-refractivity contribution in [3.8, 4) is 0 Å². The molecule has 1 atom stereocenters. The first-order valence-corrected chi connectivity index (χ1v) is 7.74. The van der Waals surface area contributed by atoms with Crippen LogP contribution in [0, 0.1) is 5.82 Å². The molecule has 0 heterocycles. The minimum atomic E-state index is -0.403. The quantitative estimate of drug-likeness (QED) is 0.750. The number of nitrogens with one attached hydrogen (secondary N) is 1. The monoisotopic (exact) mass is 301 g/mol. The molecule has 4 heteroatoms. The van der Waals surface area contributed by atoms with E-state index in [2.05, 4.69) is 19.2 Å². The maximum Gasteiger partial charge on any atom is 0.129 e. The van der Waals surface area contributed by atoms with E-state index < -0.39 is 5.60 Å². The van der Waals surface area contributed by atoms with Crippen LogP contribution in [-0.4, -0.2) is 18.8 Å². The van der Waals surface area contributed by atoms with Crippen molar-refractivity contribution in [1.29, 1.82) is 0 Å². The van der Waals surface area contributed by atoms with Crippen molar-refractivity contribution < 1.29 is 9.13 Å². The second-order valence-electron chi connectivity index (χ2n) is 4.86. The minimum absolute atomic E-state index is 0.181. The summed E-state index contributed by atoms with van der Waals surface area (Å²) in [4.78, 5) is 0. The Bertz CT molecular complexity index is 421. The number of rotatable bonds is 8. The number of halogens is 2. The van der Waals surface area contributed by atoms with Gasteiger partial charge < -0.3 is 10.1 Å². The molecule has 0 aliphatic carbocycles. The lowest BCUT2D eigenvalue weighted by molar-refractivity contribution is -0.0737. The Morgan fingerprint density at radius 1 is 1.25 bits per heavy atom. The van der Waals surface area contributed by atoms with Gasteiger partial charge in [0, 0.05) is 17.2 Å². The molecular weight excluding hydrogens is 277 g/mol. The van der Waals surface area contributed by atoms with E-state index in [9.17, 15) is 4.39 Å². The predicted molar refractivity (Wildman–Crippen MR) is 82.8 cm³/mol. The van der Waals surface area contributed by atoms with Gasteiger partial charge in [-0.25, -0.2) is 4.39 Å². The lowest BCUT2D eigenvalue weighted by atomic mass is 9.83. The van der Waals surface area contributed by atoms with E-state index in [1.54, 1.807) is 12.1 Å². The van der Waals surface area contributed by atoms with Crippen molar-refractivity contribution in [1.82, 2.24) is 5.32 Å². The average molecular weight is 302 g/mol. The van der Waals surface area contributed by atoms with Crippen LogP contribution < -0.4 is 5.32 Å². The minimum Gasteiger partial charge on any atom is -0.373 e. The molecule has 1 aromatic carbocycles. The Hall–Kier alpha value is -0.640. The summed E-state index contributed by atoms with van der Waals surface area (Å²) in [6, 6.07) is 4.67. The van der Waals surface area contributed by atoms with Crippen LogP contribution in [0.2, 0.25) is 5.02 Å². The van der Waals surface area contributed by atoms with E-state index in [1.807, 2.05) is 13.8 Å². The molecule has 0 saturated heterocycles. The molecule has 0 radical (unpaired) electrons. The zero-order chi connectivity index (χ0) is 15.2. The highest BCUT2D eigenvalue weighted by Crippen LogP contribution is 2.37. The van der Waals surface area contributed by atoms with Crippen molar-refractivity contribution >= 4 is 11.6 Å². The summed E-state index contributed by atoms with van der Waals surface area (Å²) in [5.74, 6) is -0.283. The summed E-state index contributed by atoms with van der Waals surface area (Å²) >= 11 is 5.85. The third-order valence-electron chi connectivity index (χ3n) is 3.84. The summed E-state index contributed by atoms with van der Waals surface area (Å²) in [5.41, 5.74) is 0.216. The Labute approximate surface area is 126 Å². The molecule has 0 aliphatic heterocycles. The Kier molecular flexibility index (Phi) is 6.93. The van der Waals surface area contributed by atoms with E-state index in [1.165, 1.54) is 6.07 Å². The van der Waals surface area contributed by atoms with Gasteiger partial charge in [0.2, 0.25) is 0 Å². The maximum absolute atomic E-state index is 14.3. The standard InChI is InChI=1S/C16H25ClFNO/c1-5-16(6-2,20-8-4)15(19-7-3)13-10-9-12(17)11-14(13)18/h9-11,15,19H,5-8H2,1-4H3. The first kappa shape index (κ1) is 17.4. The van der Waals surface area contributed by atoms with Crippen molar-refractivity contribution in [2.24, 2.45) is 0 Å². The van der Waals surface area contributed by atoms with Crippen molar-refractivity contribution in [2.75, 3.05) is 13.2 Å². The van der Waals surface area contributed by atoms with Crippen LogP contribution in [0.4, 0.5) is 4.39 Å². The number of likely N-dealkylation sites (N-methyl/N-ethyl adjacent to an activating group) is 1. The van der Waals surface area contributed by atoms with Gasteiger partial charge in [0.05, 0.1) is 11.6 Å². The van der Waals surface area contributed by atoms with E-state index in [4.69, 9.17) is 16.3 Å². The summed E-state index contributed by atoms with van der Waals surface area (Å²) in [5, 5.41) is 3.79. The molecule has 0 bridgehead atoms. The fourth-order valence-electron chi connectivity index (χ4n) is 2.75. The SMILES string of the molecule is CCNC(c1ccc(Cl)cc1F)C(CC)(CC)OCC.